The summed E-state index contributed by atoms with van der Waals surface area (Å²) < 4.78 is 40.5. The first-order chi connectivity index (χ1) is 20.2. The van der Waals surface area contributed by atoms with E-state index in [1.807, 2.05) is 30.1 Å². The molecule has 11 heteroatoms. The largest absolute Gasteiger partial charge is 0.497 e. The second kappa shape index (κ2) is 13.7. The molecule has 1 aromatic carbocycles. The van der Waals surface area contributed by atoms with Gasteiger partial charge in [0.05, 0.1) is 31.6 Å². The molecule has 1 unspecified atom stereocenters. The molecule has 0 aliphatic carbocycles. The Morgan fingerprint density at radius 3 is 2.48 bits per heavy atom. The fourth-order valence-corrected chi connectivity index (χ4v) is 9.77. The highest BCUT2D eigenvalue weighted by Crippen LogP contribution is 2.32. The van der Waals surface area contributed by atoms with Crippen LogP contribution in [0.1, 0.15) is 52.1 Å². The highest BCUT2D eigenvalue weighted by molar-refractivity contribution is 7.89. The standard InChI is InChI=1S/C31H46N4O5S2/c1-23-17-27(39-4)18-24(2)31(23)42(37,38)35-10-6-5-7-26(35)22-40-16-9-30(36)34-11-8-29-25(20-34)19-28(41-29)21-33-14-12-32(3)13-15-33/h17-19,26H,5-16,20-22H2,1-4H3. The maximum Gasteiger partial charge on any atom is 0.243 e. The molecule has 1 atom stereocenters. The third-order valence-electron chi connectivity index (χ3n) is 8.83. The number of methoxy groups -OCH3 is 1. The van der Waals surface area contributed by atoms with Gasteiger partial charge in [-0.15, -0.1) is 11.3 Å². The molecule has 1 aromatic heterocycles. The molecule has 1 amide bonds. The molecule has 3 aliphatic rings. The third kappa shape index (κ3) is 7.19. The van der Waals surface area contributed by atoms with Gasteiger partial charge in [0.2, 0.25) is 15.9 Å². The molecule has 9 nitrogen and oxygen atoms in total. The Bertz CT molecular complexity index is 1330. The monoisotopic (exact) mass is 618 g/mol. The number of fused-ring (bicyclic) bond motifs is 1. The van der Waals surface area contributed by atoms with E-state index in [0.29, 0.717) is 54.5 Å². The third-order valence-corrected chi connectivity index (χ3v) is 12.3. The molecular formula is C31H46N4O5S2. The number of amides is 1. The Morgan fingerprint density at radius 1 is 1.02 bits per heavy atom. The number of carbonyl (C=O) groups is 1. The number of piperidine rings is 1. The van der Waals surface area contributed by atoms with Crippen LogP contribution in [0, 0.1) is 13.8 Å². The van der Waals surface area contributed by atoms with Gasteiger partial charge >= 0.3 is 0 Å². The van der Waals surface area contributed by atoms with E-state index >= 15 is 0 Å². The molecular weight excluding hydrogens is 572 g/mol. The minimum Gasteiger partial charge on any atom is -0.497 e. The number of benzene rings is 1. The average Bonchev–Trinajstić information content (AvgIpc) is 3.37. The number of hydrogen-bond acceptors (Lipinski definition) is 8. The van der Waals surface area contributed by atoms with Crippen LogP contribution in [0.3, 0.4) is 0 Å². The number of piperazine rings is 1. The molecule has 0 bridgehead atoms. The minimum absolute atomic E-state index is 0.102. The summed E-state index contributed by atoms with van der Waals surface area (Å²) in [6.07, 6.45) is 3.77. The van der Waals surface area contributed by atoms with Crippen LogP contribution in [0.25, 0.3) is 0 Å². The van der Waals surface area contributed by atoms with E-state index in [1.54, 1.807) is 23.5 Å². The summed E-state index contributed by atoms with van der Waals surface area (Å²) in [7, 11) is 0.0761. The van der Waals surface area contributed by atoms with Crippen molar-refractivity contribution in [3.05, 3.63) is 44.6 Å². The number of hydrogen-bond donors (Lipinski definition) is 0. The van der Waals surface area contributed by atoms with Crippen LogP contribution in [-0.2, 0) is 39.1 Å². The second-order valence-electron chi connectivity index (χ2n) is 12.0. The summed E-state index contributed by atoms with van der Waals surface area (Å²) in [5.41, 5.74) is 2.66. The molecule has 2 fully saturated rings. The minimum atomic E-state index is -3.69. The summed E-state index contributed by atoms with van der Waals surface area (Å²) in [6, 6.07) is 5.62. The summed E-state index contributed by atoms with van der Waals surface area (Å²) >= 11 is 1.91. The van der Waals surface area contributed by atoms with Crippen molar-refractivity contribution >= 4 is 27.3 Å². The van der Waals surface area contributed by atoms with Crippen molar-refractivity contribution in [3.63, 3.8) is 0 Å². The molecule has 0 N–H and O–H groups in total. The lowest BCUT2D eigenvalue weighted by atomic mass is 10.1. The fraction of sp³-hybridized carbons (Fsp3) is 0.645. The van der Waals surface area contributed by atoms with Crippen LogP contribution in [-0.4, -0.2) is 106 Å². The summed E-state index contributed by atoms with van der Waals surface area (Å²) in [6.45, 7) is 11.6. The molecule has 2 saturated heterocycles. The fourth-order valence-electron chi connectivity index (χ4n) is 6.46. The van der Waals surface area contributed by atoms with Crippen LogP contribution >= 0.6 is 11.3 Å². The zero-order valence-corrected chi connectivity index (χ0v) is 27.2. The Labute approximate surface area is 255 Å². The molecule has 0 spiro atoms. The lowest BCUT2D eigenvalue weighted by molar-refractivity contribution is -0.133. The first-order valence-corrected chi connectivity index (χ1v) is 17.5. The smallest absolute Gasteiger partial charge is 0.243 e. The van der Waals surface area contributed by atoms with E-state index in [-0.39, 0.29) is 11.9 Å². The Morgan fingerprint density at radius 2 is 1.76 bits per heavy atom. The number of sulfonamides is 1. The molecule has 0 radical (unpaired) electrons. The van der Waals surface area contributed by atoms with Crippen molar-refractivity contribution < 1.29 is 22.7 Å². The van der Waals surface area contributed by atoms with Gasteiger partial charge in [0.25, 0.3) is 0 Å². The summed E-state index contributed by atoms with van der Waals surface area (Å²) in [5.74, 6) is 0.757. The van der Waals surface area contributed by atoms with Gasteiger partial charge < -0.3 is 19.3 Å². The highest BCUT2D eigenvalue weighted by atomic mass is 32.2. The zero-order valence-electron chi connectivity index (χ0n) is 25.6. The first kappa shape index (κ1) is 31.4. The van der Waals surface area contributed by atoms with E-state index in [2.05, 4.69) is 22.9 Å². The predicted molar refractivity (Wildman–Crippen MR) is 166 cm³/mol. The van der Waals surface area contributed by atoms with Crippen LogP contribution in [0.5, 0.6) is 5.75 Å². The van der Waals surface area contributed by atoms with Crippen molar-refractivity contribution in [2.45, 2.75) is 70.0 Å². The Hall–Kier alpha value is -2.02. The quantitative estimate of drug-likeness (QED) is 0.376. The van der Waals surface area contributed by atoms with Crippen molar-refractivity contribution in [2.75, 3.05) is 66.6 Å². The van der Waals surface area contributed by atoms with Gasteiger partial charge in [-0.1, -0.05) is 6.42 Å². The van der Waals surface area contributed by atoms with E-state index in [0.717, 1.165) is 65.0 Å². The summed E-state index contributed by atoms with van der Waals surface area (Å²) in [4.78, 5) is 23.1. The van der Waals surface area contributed by atoms with Gasteiger partial charge in [-0.3, -0.25) is 9.69 Å². The molecule has 4 heterocycles. The molecule has 232 valence electrons. The number of nitrogens with zero attached hydrogens (tertiary/aromatic N) is 4. The van der Waals surface area contributed by atoms with Gasteiger partial charge in [-0.05, 0) is 75.0 Å². The number of likely N-dealkylation sites (N-methyl/N-ethyl adjacent to an activating group) is 1. The predicted octanol–water partition coefficient (Wildman–Crippen LogP) is 3.66. The van der Waals surface area contributed by atoms with E-state index in [1.165, 1.54) is 15.3 Å². The zero-order chi connectivity index (χ0) is 29.9. The average molecular weight is 619 g/mol. The molecule has 3 aliphatic heterocycles. The normalized spacial score (nSPS) is 21.0. The van der Waals surface area contributed by atoms with Crippen LogP contribution in [0.15, 0.2) is 23.1 Å². The van der Waals surface area contributed by atoms with Gasteiger partial charge in [-0.2, -0.15) is 4.31 Å². The lowest BCUT2D eigenvalue weighted by Crippen LogP contribution is -2.46. The number of thiophene rings is 1. The van der Waals surface area contributed by atoms with E-state index < -0.39 is 10.0 Å². The first-order valence-electron chi connectivity index (χ1n) is 15.2. The molecule has 0 saturated carbocycles. The van der Waals surface area contributed by atoms with Gasteiger partial charge in [0.15, 0.2) is 0 Å². The number of ether oxygens (including phenoxy) is 2. The molecule has 2 aromatic rings. The number of aryl methyl sites for hydroxylation is 2. The molecule has 5 rings (SSSR count). The van der Waals surface area contributed by atoms with Crippen molar-refractivity contribution in [3.8, 4) is 5.75 Å². The summed E-state index contributed by atoms with van der Waals surface area (Å²) in [5, 5.41) is 0. The Balaban J connectivity index is 1.12. The van der Waals surface area contributed by atoms with E-state index in [9.17, 15) is 13.2 Å². The topological polar surface area (TPSA) is 82.6 Å². The lowest BCUT2D eigenvalue weighted by Gasteiger charge is -2.35. The molecule has 42 heavy (non-hydrogen) atoms. The Kier molecular flexibility index (Phi) is 10.3. The number of carbonyl (C=O) groups excluding carboxylic acids is 1. The van der Waals surface area contributed by atoms with Gasteiger partial charge in [-0.25, -0.2) is 8.42 Å². The van der Waals surface area contributed by atoms with E-state index in [4.69, 9.17) is 9.47 Å². The van der Waals surface area contributed by atoms with Crippen LogP contribution in [0.2, 0.25) is 0 Å². The maximum absolute atomic E-state index is 13.8. The highest BCUT2D eigenvalue weighted by Gasteiger charge is 2.35. The SMILES string of the molecule is COc1cc(C)c(S(=O)(=O)N2CCCCC2COCCC(=O)N2CCc3sc(CN4CCN(C)CC4)cc3C2)c(C)c1. The van der Waals surface area contributed by atoms with Crippen molar-refractivity contribution in [2.24, 2.45) is 0 Å². The van der Waals surface area contributed by atoms with Crippen molar-refractivity contribution in [1.82, 2.24) is 19.0 Å². The van der Waals surface area contributed by atoms with Gasteiger partial charge in [0, 0.05) is 68.2 Å². The van der Waals surface area contributed by atoms with Crippen molar-refractivity contribution in [1.29, 1.82) is 0 Å². The maximum atomic E-state index is 13.8. The van der Waals surface area contributed by atoms with Crippen LogP contribution < -0.4 is 4.74 Å². The van der Waals surface area contributed by atoms with Crippen LogP contribution in [0.4, 0.5) is 0 Å². The number of rotatable bonds is 10. The van der Waals surface area contributed by atoms with Gasteiger partial charge in [0.1, 0.15) is 5.75 Å². The second-order valence-corrected chi connectivity index (χ2v) is 15.0.